The molecule has 0 radical (unpaired) electrons. The van der Waals surface area contributed by atoms with E-state index in [0.29, 0.717) is 5.13 Å². The van der Waals surface area contributed by atoms with Crippen molar-refractivity contribution in [1.82, 2.24) is 14.8 Å². The van der Waals surface area contributed by atoms with Crippen LogP contribution in [0.4, 0.5) is 9.52 Å². The van der Waals surface area contributed by atoms with Crippen LogP contribution in [0.5, 0.6) is 0 Å². The summed E-state index contributed by atoms with van der Waals surface area (Å²) >= 11 is 1.57. The van der Waals surface area contributed by atoms with Crippen molar-refractivity contribution >= 4 is 28.9 Å². The molecule has 0 unspecified atom stereocenters. The molecule has 7 heteroatoms. The van der Waals surface area contributed by atoms with E-state index in [1.165, 1.54) is 22.6 Å². The Labute approximate surface area is 146 Å². The lowest BCUT2D eigenvalue weighted by molar-refractivity contribution is 0.248. The molecule has 0 bridgehead atoms. The molecule has 0 saturated carbocycles. The Hall–Kier alpha value is -1.21. The van der Waals surface area contributed by atoms with Gasteiger partial charge in [0.25, 0.3) is 0 Å². The zero-order valence-electron chi connectivity index (χ0n) is 12.9. The van der Waals surface area contributed by atoms with Crippen molar-refractivity contribution in [2.45, 2.75) is 19.5 Å². The second-order valence-electron chi connectivity index (χ2n) is 5.70. The summed E-state index contributed by atoms with van der Waals surface area (Å²) in [6.45, 7) is 6.07. The molecule has 0 spiro atoms. The fraction of sp³-hybridized carbons (Fsp3) is 0.438. The van der Waals surface area contributed by atoms with Gasteiger partial charge in [0.2, 0.25) is 0 Å². The summed E-state index contributed by atoms with van der Waals surface area (Å²) in [6, 6.07) is 6.82. The predicted octanol–water partition coefficient (Wildman–Crippen LogP) is 2.99. The maximum atomic E-state index is 13.0. The number of hydrogen-bond donors (Lipinski definition) is 1. The van der Waals surface area contributed by atoms with Crippen LogP contribution in [-0.2, 0) is 13.1 Å². The first-order valence-electron chi connectivity index (χ1n) is 7.58. The first kappa shape index (κ1) is 18.1. The van der Waals surface area contributed by atoms with E-state index in [-0.39, 0.29) is 18.2 Å². The zero-order valence-corrected chi connectivity index (χ0v) is 14.6. The van der Waals surface area contributed by atoms with Crippen LogP contribution in [0.3, 0.4) is 0 Å². The Morgan fingerprint density at radius 1 is 1.04 bits per heavy atom. The minimum atomic E-state index is -0.172. The van der Waals surface area contributed by atoms with E-state index in [9.17, 15) is 4.39 Å². The molecule has 3 rings (SSSR count). The Kier molecular flexibility index (Phi) is 6.77. The first-order valence-corrected chi connectivity index (χ1v) is 8.40. The van der Waals surface area contributed by atoms with Crippen molar-refractivity contribution in [3.63, 3.8) is 0 Å². The highest BCUT2D eigenvalue weighted by Gasteiger charge is 2.16. The molecule has 0 aliphatic carbocycles. The lowest BCUT2D eigenvalue weighted by Gasteiger charge is -2.21. The number of nitrogen functional groups attached to an aromatic ring is 1. The molecule has 23 heavy (non-hydrogen) atoms. The number of aromatic nitrogens is 1. The van der Waals surface area contributed by atoms with E-state index < -0.39 is 0 Å². The highest BCUT2D eigenvalue weighted by atomic mass is 35.5. The zero-order chi connectivity index (χ0) is 15.4. The van der Waals surface area contributed by atoms with Crippen LogP contribution < -0.4 is 5.73 Å². The molecule has 2 heterocycles. The second kappa shape index (κ2) is 8.59. The van der Waals surface area contributed by atoms with Crippen LogP contribution in [0, 0.1) is 5.82 Å². The lowest BCUT2D eigenvalue weighted by atomic mass is 10.2. The summed E-state index contributed by atoms with van der Waals surface area (Å²) in [5.74, 6) is -0.172. The van der Waals surface area contributed by atoms with E-state index in [2.05, 4.69) is 14.8 Å². The predicted molar refractivity (Wildman–Crippen MR) is 95.3 cm³/mol. The first-order chi connectivity index (χ1) is 10.7. The van der Waals surface area contributed by atoms with Crippen molar-refractivity contribution in [2.75, 3.05) is 31.9 Å². The Balaban J connectivity index is 0.00000192. The summed E-state index contributed by atoms with van der Waals surface area (Å²) in [4.78, 5) is 10.2. The van der Waals surface area contributed by atoms with E-state index in [1.807, 2.05) is 18.3 Å². The molecule has 2 N–H and O–H groups in total. The number of thiazole rings is 1. The smallest absolute Gasteiger partial charge is 0.180 e. The van der Waals surface area contributed by atoms with Gasteiger partial charge in [-0.2, -0.15) is 0 Å². The van der Waals surface area contributed by atoms with Gasteiger partial charge in [-0.15, -0.1) is 23.7 Å². The number of benzene rings is 1. The minimum absolute atomic E-state index is 0. The Morgan fingerprint density at radius 2 is 1.70 bits per heavy atom. The highest BCUT2D eigenvalue weighted by Crippen LogP contribution is 2.18. The van der Waals surface area contributed by atoms with Crippen molar-refractivity contribution < 1.29 is 4.39 Å². The molecule has 4 nitrogen and oxygen atoms in total. The summed E-state index contributed by atoms with van der Waals surface area (Å²) in [5.41, 5.74) is 6.86. The van der Waals surface area contributed by atoms with Gasteiger partial charge < -0.3 is 5.73 Å². The molecular formula is C16H22ClFN4S. The molecular weight excluding hydrogens is 335 g/mol. The van der Waals surface area contributed by atoms with E-state index in [1.54, 1.807) is 11.3 Å². The minimum Gasteiger partial charge on any atom is -0.375 e. The third-order valence-electron chi connectivity index (χ3n) is 3.95. The topological polar surface area (TPSA) is 45.4 Å². The average molecular weight is 357 g/mol. The standard InChI is InChI=1S/C16H21FN4S.ClH/c17-14-4-2-13(3-5-14)11-20-6-1-7-21(9-8-20)12-15-10-19-16(18)22-15;/h2-5,10H,1,6-9,11-12H2,(H2,18,19);1H. The molecule has 0 amide bonds. The maximum Gasteiger partial charge on any atom is 0.180 e. The van der Waals surface area contributed by atoms with Crippen LogP contribution in [0.2, 0.25) is 0 Å². The number of rotatable bonds is 4. The van der Waals surface area contributed by atoms with Crippen LogP contribution in [0.1, 0.15) is 16.9 Å². The molecule has 1 aromatic heterocycles. The van der Waals surface area contributed by atoms with Gasteiger partial charge in [-0.3, -0.25) is 9.80 Å². The summed E-state index contributed by atoms with van der Waals surface area (Å²) < 4.78 is 13.0. The Bertz CT molecular complexity index is 604. The van der Waals surface area contributed by atoms with Crippen molar-refractivity contribution in [1.29, 1.82) is 0 Å². The fourth-order valence-corrected chi connectivity index (χ4v) is 3.53. The largest absolute Gasteiger partial charge is 0.375 e. The van der Waals surface area contributed by atoms with Gasteiger partial charge in [-0.1, -0.05) is 12.1 Å². The van der Waals surface area contributed by atoms with E-state index in [0.717, 1.165) is 45.7 Å². The number of halogens is 2. The van der Waals surface area contributed by atoms with E-state index in [4.69, 9.17) is 5.73 Å². The summed E-state index contributed by atoms with van der Waals surface area (Å²) in [6.07, 6.45) is 3.02. The number of nitrogens with two attached hydrogens (primary N) is 1. The monoisotopic (exact) mass is 356 g/mol. The van der Waals surface area contributed by atoms with Crippen LogP contribution in [0.25, 0.3) is 0 Å². The Morgan fingerprint density at radius 3 is 2.30 bits per heavy atom. The molecule has 1 aliphatic rings. The average Bonchev–Trinajstić information content (AvgIpc) is 2.78. The molecule has 0 atom stereocenters. The number of anilines is 1. The van der Waals surface area contributed by atoms with Gasteiger partial charge in [-0.25, -0.2) is 9.37 Å². The lowest BCUT2D eigenvalue weighted by Crippen LogP contribution is -2.30. The van der Waals surface area contributed by atoms with E-state index >= 15 is 0 Å². The molecule has 2 aromatic rings. The molecule has 1 aliphatic heterocycles. The van der Waals surface area contributed by atoms with Crippen molar-refractivity contribution in [2.24, 2.45) is 0 Å². The van der Waals surface area contributed by atoms with Crippen molar-refractivity contribution in [3.8, 4) is 0 Å². The van der Waals surface area contributed by atoms with Crippen LogP contribution >= 0.6 is 23.7 Å². The van der Waals surface area contributed by atoms with Gasteiger partial charge in [0.15, 0.2) is 5.13 Å². The van der Waals surface area contributed by atoms with Gasteiger partial charge in [0.1, 0.15) is 5.82 Å². The number of nitrogens with zero attached hydrogens (tertiary/aromatic N) is 3. The third-order valence-corrected chi connectivity index (χ3v) is 4.76. The van der Waals surface area contributed by atoms with Gasteiger partial charge >= 0.3 is 0 Å². The van der Waals surface area contributed by atoms with Crippen LogP contribution in [0.15, 0.2) is 30.5 Å². The van der Waals surface area contributed by atoms with Gasteiger partial charge in [0, 0.05) is 37.3 Å². The summed E-state index contributed by atoms with van der Waals surface area (Å²) in [7, 11) is 0. The second-order valence-corrected chi connectivity index (χ2v) is 6.84. The normalized spacial score (nSPS) is 16.7. The summed E-state index contributed by atoms with van der Waals surface area (Å²) in [5, 5.41) is 0.641. The fourth-order valence-electron chi connectivity index (χ4n) is 2.80. The third kappa shape index (κ3) is 5.42. The van der Waals surface area contributed by atoms with Crippen molar-refractivity contribution in [3.05, 3.63) is 46.7 Å². The molecule has 1 fully saturated rings. The molecule has 126 valence electrons. The van der Waals surface area contributed by atoms with Gasteiger partial charge in [-0.05, 0) is 37.2 Å². The number of hydrogen-bond acceptors (Lipinski definition) is 5. The van der Waals surface area contributed by atoms with Crippen LogP contribution in [-0.4, -0.2) is 41.0 Å². The maximum absolute atomic E-state index is 13.0. The highest BCUT2D eigenvalue weighted by molar-refractivity contribution is 7.15. The SMILES string of the molecule is Cl.Nc1ncc(CN2CCCN(Cc3ccc(F)cc3)CC2)s1. The quantitative estimate of drug-likeness (QED) is 0.914. The van der Waals surface area contributed by atoms with Gasteiger partial charge in [0.05, 0.1) is 0 Å². The molecule has 1 aromatic carbocycles. The molecule has 1 saturated heterocycles.